The molecule has 0 aliphatic heterocycles. The molecule has 0 amide bonds. The van der Waals surface area contributed by atoms with E-state index in [1.807, 2.05) is 6.92 Å². The Morgan fingerprint density at radius 2 is 2.10 bits per heavy atom. The summed E-state index contributed by atoms with van der Waals surface area (Å²) in [7, 11) is 0. The van der Waals surface area contributed by atoms with Crippen LogP contribution in [0.1, 0.15) is 13.8 Å². The molecule has 1 atom stereocenters. The van der Waals surface area contributed by atoms with E-state index in [4.69, 9.17) is 28.9 Å². The lowest BCUT2D eigenvalue weighted by molar-refractivity contribution is 1.19. The van der Waals surface area contributed by atoms with Crippen LogP contribution in [0.4, 0.5) is 0 Å². The molecular weight excluding hydrogens is 169 g/mol. The van der Waals surface area contributed by atoms with Crippen LogP contribution < -0.4 is 5.73 Å². The van der Waals surface area contributed by atoms with Crippen molar-refractivity contribution in [3.05, 3.63) is 22.9 Å². The summed E-state index contributed by atoms with van der Waals surface area (Å²) in [5.41, 5.74) is 6.09. The van der Waals surface area contributed by atoms with Crippen LogP contribution in [0.5, 0.6) is 0 Å². The highest BCUT2D eigenvalue weighted by Gasteiger charge is 1.99. The molecule has 1 unspecified atom stereocenters. The summed E-state index contributed by atoms with van der Waals surface area (Å²) >= 11 is 11.3. The summed E-state index contributed by atoms with van der Waals surface area (Å²) in [6.45, 7) is 3.64. The van der Waals surface area contributed by atoms with Gasteiger partial charge in [-0.25, -0.2) is 0 Å². The van der Waals surface area contributed by atoms with Crippen molar-refractivity contribution >= 4 is 23.2 Å². The van der Waals surface area contributed by atoms with Crippen molar-refractivity contribution in [1.29, 1.82) is 0 Å². The standard InChI is InChI=1S/C7H11Cl2N/c1-3-6(10)4-7(9)5(2)8/h3-5H,10H2,1-2H3/b6-3+,7-4+. The summed E-state index contributed by atoms with van der Waals surface area (Å²) in [5.74, 6) is 0. The quantitative estimate of drug-likeness (QED) is 0.513. The van der Waals surface area contributed by atoms with Gasteiger partial charge in [0.15, 0.2) is 0 Å². The van der Waals surface area contributed by atoms with E-state index in [0.29, 0.717) is 10.7 Å². The highest BCUT2D eigenvalue weighted by Crippen LogP contribution is 2.14. The molecule has 0 radical (unpaired) electrons. The average molecular weight is 180 g/mol. The number of allylic oxidation sites excluding steroid dienone is 3. The molecule has 0 saturated carbocycles. The van der Waals surface area contributed by atoms with Crippen molar-refractivity contribution in [2.24, 2.45) is 5.73 Å². The first kappa shape index (κ1) is 9.86. The maximum atomic E-state index is 5.70. The van der Waals surface area contributed by atoms with Crippen LogP contribution in [-0.4, -0.2) is 5.38 Å². The molecule has 0 aliphatic rings. The minimum atomic E-state index is -0.167. The fourth-order valence-corrected chi connectivity index (χ4v) is 0.546. The number of hydrogen-bond donors (Lipinski definition) is 1. The van der Waals surface area contributed by atoms with Crippen molar-refractivity contribution < 1.29 is 0 Å². The Balaban J connectivity index is 4.17. The molecule has 0 spiro atoms. The van der Waals surface area contributed by atoms with Crippen molar-refractivity contribution in [3.8, 4) is 0 Å². The molecule has 0 aromatic rings. The Bertz CT molecular complexity index is 159. The fourth-order valence-electron chi connectivity index (χ4n) is 0.357. The zero-order valence-electron chi connectivity index (χ0n) is 6.07. The normalized spacial score (nSPS) is 17.2. The van der Waals surface area contributed by atoms with Crippen molar-refractivity contribution in [2.45, 2.75) is 19.2 Å². The number of rotatable bonds is 2. The second-order valence-corrected chi connectivity index (χ2v) is 3.02. The predicted octanol–water partition coefficient (Wildman–Crippen LogP) is 2.60. The van der Waals surface area contributed by atoms with Gasteiger partial charge in [0.05, 0.1) is 5.38 Å². The third-order valence-electron chi connectivity index (χ3n) is 1.02. The average Bonchev–Trinajstić information content (AvgIpc) is 1.87. The van der Waals surface area contributed by atoms with E-state index in [1.54, 1.807) is 19.1 Å². The van der Waals surface area contributed by atoms with E-state index >= 15 is 0 Å². The van der Waals surface area contributed by atoms with Gasteiger partial charge in [0.2, 0.25) is 0 Å². The predicted molar refractivity (Wildman–Crippen MR) is 47.2 cm³/mol. The van der Waals surface area contributed by atoms with Crippen LogP contribution in [0.15, 0.2) is 22.9 Å². The number of halogens is 2. The second-order valence-electron chi connectivity index (χ2n) is 1.93. The lowest BCUT2D eigenvalue weighted by atomic mass is 10.3. The SMILES string of the molecule is C/C=C(N)\C=C(\Cl)C(C)Cl. The van der Waals surface area contributed by atoms with Gasteiger partial charge in [0, 0.05) is 10.7 Å². The van der Waals surface area contributed by atoms with Crippen molar-refractivity contribution in [1.82, 2.24) is 0 Å². The fraction of sp³-hybridized carbons (Fsp3) is 0.429. The highest BCUT2D eigenvalue weighted by atomic mass is 35.5. The second kappa shape index (κ2) is 4.64. The Hall–Kier alpha value is -0.140. The molecule has 0 aromatic heterocycles. The van der Waals surface area contributed by atoms with E-state index in [0.717, 1.165) is 0 Å². The topological polar surface area (TPSA) is 26.0 Å². The Labute approximate surface area is 71.5 Å². The lowest BCUT2D eigenvalue weighted by Gasteiger charge is -1.99. The van der Waals surface area contributed by atoms with Crippen LogP contribution >= 0.6 is 23.2 Å². The zero-order chi connectivity index (χ0) is 8.15. The Kier molecular flexibility index (Phi) is 4.58. The largest absolute Gasteiger partial charge is 0.399 e. The first-order valence-electron chi connectivity index (χ1n) is 3.01. The third-order valence-corrected chi connectivity index (χ3v) is 1.80. The van der Waals surface area contributed by atoms with Crippen molar-refractivity contribution in [2.75, 3.05) is 0 Å². The molecule has 0 bridgehead atoms. The zero-order valence-corrected chi connectivity index (χ0v) is 7.58. The first-order valence-corrected chi connectivity index (χ1v) is 3.82. The maximum absolute atomic E-state index is 5.70. The van der Waals surface area contributed by atoms with Gasteiger partial charge in [-0.05, 0) is 19.9 Å². The van der Waals surface area contributed by atoms with Gasteiger partial charge in [0.25, 0.3) is 0 Å². The van der Waals surface area contributed by atoms with Gasteiger partial charge in [0.1, 0.15) is 0 Å². The monoisotopic (exact) mass is 179 g/mol. The minimum Gasteiger partial charge on any atom is -0.399 e. The molecule has 0 aliphatic carbocycles. The van der Waals surface area contributed by atoms with E-state index in [2.05, 4.69) is 0 Å². The smallest absolute Gasteiger partial charge is 0.0664 e. The summed E-state index contributed by atoms with van der Waals surface area (Å²) in [5, 5.41) is 0.400. The van der Waals surface area contributed by atoms with Gasteiger partial charge in [-0.1, -0.05) is 17.7 Å². The van der Waals surface area contributed by atoms with Crippen LogP contribution in [0, 0.1) is 0 Å². The molecule has 0 fully saturated rings. The number of nitrogens with two attached hydrogens (primary N) is 1. The summed E-state index contributed by atoms with van der Waals surface area (Å²) in [4.78, 5) is 0. The molecule has 1 nitrogen and oxygen atoms in total. The lowest BCUT2D eigenvalue weighted by Crippen LogP contribution is -1.96. The van der Waals surface area contributed by atoms with Crippen LogP contribution in [-0.2, 0) is 0 Å². The molecule has 0 heterocycles. The maximum Gasteiger partial charge on any atom is 0.0664 e. The molecule has 0 rings (SSSR count). The van der Waals surface area contributed by atoms with E-state index in [-0.39, 0.29) is 5.38 Å². The molecular formula is C7H11Cl2N. The minimum absolute atomic E-state index is 0.167. The van der Waals surface area contributed by atoms with Gasteiger partial charge in [-0.3, -0.25) is 0 Å². The number of hydrogen-bond acceptors (Lipinski definition) is 1. The van der Waals surface area contributed by atoms with E-state index < -0.39 is 0 Å². The van der Waals surface area contributed by atoms with Gasteiger partial charge < -0.3 is 5.73 Å². The molecule has 3 heteroatoms. The summed E-state index contributed by atoms with van der Waals surface area (Å²) in [6.07, 6.45) is 3.42. The van der Waals surface area contributed by atoms with Crippen LogP contribution in [0.25, 0.3) is 0 Å². The summed E-state index contributed by atoms with van der Waals surface area (Å²) < 4.78 is 0. The molecule has 0 saturated heterocycles. The molecule has 0 aromatic carbocycles. The van der Waals surface area contributed by atoms with E-state index in [9.17, 15) is 0 Å². The Morgan fingerprint density at radius 3 is 2.40 bits per heavy atom. The van der Waals surface area contributed by atoms with Crippen LogP contribution in [0.2, 0.25) is 0 Å². The van der Waals surface area contributed by atoms with E-state index in [1.165, 1.54) is 0 Å². The number of alkyl halides is 1. The Morgan fingerprint density at radius 1 is 1.60 bits per heavy atom. The third kappa shape index (κ3) is 3.80. The van der Waals surface area contributed by atoms with Gasteiger partial charge in [-0.15, -0.1) is 11.6 Å². The van der Waals surface area contributed by atoms with Crippen molar-refractivity contribution in [3.63, 3.8) is 0 Å². The molecule has 10 heavy (non-hydrogen) atoms. The van der Waals surface area contributed by atoms with Gasteiger partial charge in [-0.2, -0.15) is 0 Å². The molecule has 58 valence electrons. The van der Waals surface area contributed by atoms with Crippen LogP contribution in [0.3, 0.4) is 0 Å². The summed E-state index contributed by atoms with van der Waals surface area (Å²) in [6, 6.07) is 0. The molecule has 2 N–H and O–H groups in total. The van der Waals surface area contributed by atoms with Gasteiger partial charge >= 0.3 is 0 Å². The highest BCUT2D eigenvalue weighted by molar-refractivity contribution is 6.37. The first-order chi connectivity index (χ1) is 4.57.